The van der Waals surface area contributed by atoms with Gasteiger partial charge < -0.3 is 14.1 Å². The van der Waals surface area contributed by atoms with E-state index in [1.807, 2.05) is 36.4 Å². The molecule has 1 fully saturated rings. The van der Waals surface area contributed by atoms with E-state index in [0.717, 1.165) is 37.6 Å². The standard InChI is InChI=1S/C19H17NO3/c21-17-13-19(23-18-8-4-2-6-15(17)18)14-5-1-3-7-16(14)20-9-11-22-12-10-20/h1-8,13H,9-12H2. The van der Waals surface area contributed by atoms with Gasteiger partial charge in [0.25, 0.3) is 0 Å². The van der Waals surface area contributed by atoms with Crippen molar-refractivity contribution in [2.45, 2.75) is 0 Å². The Morgan fingerprint density at radius 1 is 0.913 bits per heavy atom. The maximum absolute atomic E-state index is 12.4. The van der Waals surface area contributed by atoms with Gasteiger partial charge in [0, 0.05) is 30.4 Å². The molecule has 0 amide bonds. The van der Waals surface area contributed by atoms with Gasteiger partial charge in [0.15, 0.2) is 5.43 Å². The molecule has 0 radical (unpaired) electrons. The molecule has 0 saturated carbocycles. The monoisotopic (exact) mass is 307 g/mol. The molecule has 1 saturated heterocycles. The Morgan fingerprint density at radius 2 is 1.65 bits per heavy atom. The first-order chi connectivity index (χ1) is 11.3. The Kier molecular flexibility index (Phi) is 3.60. The van der Waals surface area contributed by atoms with Gasteiger partial charge in [-0.1, -0.05) is 24.3 Å². The van der Waals surface area contributed by atoms with Crippen LogP contribution in [0.15, 0.2) is 63.8 Å². The molecule has 2 aromatic carbocycles. The van der Waals surface area contributed by atoms with Crippen LogP contribution in [-0.2, 0) is 4.74 Å². The highest BCUT2D eigenvalue weighted by atomic mass is 16.5. The minimum atomic E-state index is -0.0152. The van der Waals surface area contributed by atoms with Crippen LogP contribution in [-0.4, -0.2) is 26.3 Å². The van der Waals surface area contributed by atoms with Crippen molar-refractivity contribution in [3.05, 3.63) is 64.8 Å². The molecule has 0 unspecified atom stereocenters. The number of para-hydroxylation sites is 2. The summed E-state index contributed by atoms with van der Waals surface area (Å²) in [7, 11) is 0. The largest absolute Gasteiger partial charge is 0.456 e. The van der Waals surface area contributed by atoms with Crippen LogP contribution in [0.4, 0.5) is 5.69 Å². The summed E-state index contributed by atoms with van der Waals surface area (Å²) in [5, 5.41) is 0.611. The van der Waals surface area contributed by atoms with Gasteiger partial charge in [0.1, 0.15) is 11.3 Å². The molecule has 0 aliphatic carbocycles. The minimum absolute atomic E-state index is 0.0152. The number of hydrogen-bond donors (Lipinski definition) is 0. The van der Waals surface area contributed by atoms with E-state index in [0.29, 0.717) is 16.7 Å². The lowest BCUT2D eigenvalue weighted by atomic mass is 10.1. The molecule has 0 bridgehead atoms. The molecule has 1 aromatic heterocycles. The first-order valence-corrected chi connectivity index (χ1v) is 7.78. The van der Waals surface area contributed by atoms with Gasteiger partial charge in [0.2, 0.25) is 0 Å². The molecule has 4 rings (SSSR count). The zero-order valence-electron chi connectivity index (χ0n) is 12.7. The Morgan fingerprint density at radius 3 is 2.52 bits per heavy atom. The molecule has 3 aromatic rings. The Labute approximate surface area is 133 Å². The summed E-state index contributed by atoms with van der Waals surface area (Å²) in [6, 6.07) is 17.0. The van der Waals surface area contributed by atoms with E-state index in [1.54, 1.807) is 12.1 Å². The average Bonchev–Trinajstić information content (AvgIpc) is 2.62. The molecule has 0 N–H and O–H groups in total. The highest BCUT2D eigenvalue weighted by Crippen LogP contribution is 2.31. The predicted octanol–water partition coefficient (Wildman–Crippen LogP) is 3.30. The van der Waals surface area contributed by atoms with Crippen LogP contribution in [0.2, 0.25) is 0 Å². The van der Waals surface area contributed by atoms with Crippen LogP contribution >= 0.6 is 0 Å². The Balaban J connectivity index is 1.86. The highest BCUT2D eigenvalue weighted by Gasteiger charge is 2.17. The van der Waals surface area contributed by atoms with Crippen LogP contribution in [0, 0.1) is 0 Å². The predicted molar refractivity (Wildman–Crippen MR) is 91.0 cm³/mol. The lowest BCUT2D eigenvalue weighted by Crippen LogP contribution is -2.36. The van der Waals surface area contributed by atoms with Crippen molar-refractivity contribution in [1.29, 1.82) is 0 Å². The van der Waals surface area contributed by atoms with Crippen molar-refractivity contribution < 1.29 is 9.15 Å². The van der Waals surface area contributed by atoms with Gasteiger partial charge in [-0.15, -0.1) is 0 Å². The molecule has 116 valence electrons. The van der Waals surface area contributed by atoms with E-state index < -0.39 is 0 Å². The summed E-state index contributed by atoms with van der Waals surface area (Å²) in [4.78, 5) is 14.6. The van der Waals surface area contributed by atoms with E-state index in [2.05, 4.69) is 11.0 Å². The van der Waals surface area contributed by atoms with Gasteiger partial charge >= 0.3 is 0 Å². The van der Waals surface area contributed by atoms with E-state index in [4.69, 9.17) is 9.15 Å². The highest BCUT2D eigenvalue weighted by molar-refractivity contribution is 5.81. The molecule has 4 heteroatoms. The van der Waals surface area contributed by atoms with Crippen molar-refractivity contribution in [3.8, 4) is 11.3 Å². The second-order valence-corrected chi connectivity index (χ2v) is 5.59. The van der Waals surface area contributed by atoms with Gasteiger partial charge in [0.05, 0.1) is 18.6 Å². The van der Waals surface area contributed by atoms with E-state index in [1.165, 1.54) is 0 Å². The van der Waals surface area contributed by atoms with Crippen molar-refractivity contribution >= 4 is 16.7 Å². The van der Waals surface area contributed by atoms with Crippen LogP contribution < -0.4 is 10.3 Å². The number of anilines is 1. The molecular weight excluding hydrogens is 290 g/mol. The lowest BCUT2D eigenvalue weighted by Gasteiger charge is -2.30. The fourth-order valence-electron chi connectivity index (χ4n) is 3.00. The molecule has 23 heavy (non-hydrogen) atoms. The van der Waals surface area contributed by atoms with Crippen LogP contribution in [0.3, 0.4) is 0 Å². The molecule has 0 spiro atoms. The first kappa shape index (κ1) is 14.0. The zero-order valence-corrected chi connectivity index (χ0v) is 12.7. The van der Waals surface area contributed by atoms with Gasteiger partial charge in [-0.3, -0.25) is 4.79 Å². The topological polar surface area (TPSA) is 42.7 Å². The second-order valence-electron chi connectivity index (χ2n) is 5.59. The molecule has 1 aliphatic heterocycles. The number of benzene rings is 2. The lowest BCUT2D eigenvalue weighted by molar-refractivity contribution is 0.122. The summed E-state index contributed by atoms with van der Waals surface area (Å²) < 4.78 is 11.4. The van der Waals surface area contributed by atoms with Crippen LogP contribution in [0.25, 0.3) is 22.3 Å². The third-order valence-electron chi connectivity index (χ3n) is 4.16. The molecule has 2 heterocycles. The summed E-state index contributed by atoms with van der Waals surface area (Å²) >= 11 is 0. The normalized spacial score (nSPS) is 15.0. The quantitative estimate of drug-likeness (QED) is 0.728. The third kappa shape index (κ3) is 2.62. The minimum Gasteiger partial charge on any atom is -0.456 e. The third-order valence-corrected chi connectivity index (χ3v) is 4.16. The number of nitrogens with zero attached hydrogens (tertiary/aromatic N) is 1. The van der Waals surface area contributed by atoms with Crippen molar-refractivity contribution in [1.82, 2.24) is 0 Å². The number of rotatable bonds is 2. The molecular formula is C19H17NO3. The van der Waals surface area contributed by atoms with Crippen molar-refractivity contribution in [3.63, 3.8) is 0 Å². The Bertz CT molecular complexity index is 894. The molecule has 4 nitrogen and oxygen atoms in total. The van der Waals surface area contributed by atoms with Crippen molar-refractivity contribution in [2.75, 3.05) is 31.2 Å². The molecule has 0 atom stereocenters. The number of ether oxygens (including phenoxy) is 1. The van der Waals surface area contributed by atoms with E-state index in [9.17, 15) is 4.79 Å². The van der Waals surface area contributed by atoms with Gasteiger partial charge in [-0.05, 0) is 24.3 Å². The van der Waals surface area contributed by atoms with Gasteiger partial charge in [-0.2, -0.15) is 0 Å². The zero-order chi connectivity index (χ0) is 15.6. The average molecular weight is 307 g/mol. The summed E-state index contributed by atoms with van der Waals surface area (Å²) in [6.07, 6.45) is 0. The number of morpholine rings is 1. The maximum Gasteiger partial charge on any atom is 0.193 e. The number of fused-ring (bicyclic) bond motifs is 1. The van der Waals surface area contributed by atoms with E-state index in [-0.39, 0.29) is 5.43 Å². The van der Waals surface area contributed by atoms with Crippen LogP contribution in [0.1, 0.15) is 0 Å². The first-order valence-electron chi connectivity index (χ1n) is 7.78. The van der Waals surface area contributed by atoms with Crippen LogP contribution in [0.5, 0.6) is 0 Å². The number of hydrogen-bond acceptors (Lipinski definition) is 4. The van der Waals surface area contributed by atoms with Crippen molar-refractivity contribution in [2.24, 2.45) is 0 Å². The summed E-state index contributed by atoms with van der Waals surface area (Å²) in [5.74, 6) is 0.607. The smallest absolute Gasteiger partial charge is 0.193 e. The second kappa shape index (κ2) is 5.89. The van der Waals surface area contributed by atoms with E-state index >= 15 is 0 Å². The fourth-order valence-corrected chi connectivity index (χ4v) is 3.00. The Hall–Kier alpha value is -2.59. The SMILES string of the molecule is O=c1cc(-c2ccccc2N2CCOCC2)oc2ccccc12. The molecule has 1 aliphatic rings. The summed E-state index contributed by atoms with van der Waals surface area (Å²) in [5.41, 5.74) is 2.62. The fraction of sp³-hybridized carbons (Fsp3) is 0.211. The maximum atomic E-state index is 12.4. The van der Waals surface area contributed by atoms with Gasteiger partial charge in [-0.25, -0.2) is 0 Å². The summed E-state index contributed by atoms with van der Waals surface area (Å²) in [6.45, 7) is 3.12.